The van der Waals surface area contributed by atoms with Crippen LogP contribution in [0.1, 0.15) is 0 Å². The Bertz CT molecular complexity index is 5660. The Labute approximate surface area is 539 Å². The first-order valence-electron chi connectivity index (χ1n) is 31.7. The first-order valence-corrected chi connectivity index (χ1v) is 31.7. The minimum absolute atomic E-state index is 0.659. The molecule has 0 aliphatic rings. The molecule has 0 fully saturated rings. The summed E-state index contributed by atoms with van der Waals surface area (Å²) in [5, 5.41) is 7.42. The molecule has 5 nitrogen and oxygen atoms in total. The van der Waals surface area contributed by atoms with Crippen molar-refractivity contribution in [2.75, 3.05) is 0 Å². The second kappa shape index (κ2) is 23.5. The largest absolute Gasteiger partial charge is 0.309 e. The number of nitrogens with zero attached hydrogens (tertiary/aromatic N) is 5. The van der Waals surface area contributed by atoms with Gasteiger partial charge >= 0.3 is 0 Å². The number of hydrogen-bond acceptors (Lipinski definition) is 2. The molecule has 93 heavy (non-hydrogen) atoms. The minimum atomic E-state index is 0.659. The molecule has 5 heteroatoms. The van der Waals surface area contributed by atoms with Gasteiger partial charge in [-0.05, 0) is 152 Å². The van der Waals surface area contributed by atoms with Crippen LogP contribution in [0.5, 0.6) is 0 Å². The third-order valence-electron chi connectivity index (χ3n) is 18.2. The Balaban J connectivity index is 0.000000144. The zero-order valence-electron chi connectivity index (χ0n) is 50.8. The molecule has 18 rings (SSSR count). The molecular formula is C88H59N5. The molecule has 436 valence electrons. The van der Waals surface area contributed by atoms with Crippen LogP contribution >= 0.6 is 0 Å². The van der Waals surface area contributed by atoms with Crippen LogP contribution in [-0.2, 0) is 0 Å². The highest BCUT2D eigenvalue weighted by atomic mass is 15.2. The first-order chi connectivity index (χ1) is 46.1. The molecule has 0 spiro atoms. The molecule has 0 radical (unpaired) electrons. The van der Waals surface area contributed by atoms with Crippen molar-refractivity contribution in [1.29, 1.82) is 0 Å². The fourth-order valence-corrected chi connectivity index (χ4v) is 13.7. The molecule has 0 unspecified atom stereocenters. The Kier molecular flexibility index (Phi) is 13.8. The molecule has 0 atom stereocenters. The minimum Gasteiger partial charge on any atom is -0.309 e. The highest BCUT2D eigenvalue weighted by Crippen LogP contribution is 2.40. The lowest BCUT2D eigenvalue weighted by molar-refractivity contribution is 0.992. The molecule has 18 aromatic rings. The van der Waals surface area contributed by atoms with Gasteiger partial charge in [-0.3, -0.25) is 4.57 Å². The molecule has 0 amide bonds. The number of benzene rings is 14. The number of para-hydroxylation sites is 4. The third kappa shape index (κ3) is 10.1. The Morgan fingerprint density at radius 3 is 1.08 bits per heavy atom. The second-order valence-corrected chi connectivity index (χ2v) is 23.7. The summed E-state index contributed by atoms with van der Waals surface area (Å²) in [6.45, 7) is 0. The van der Waals surface area contributed by atoms with Crippen LogP contribution in [0.4, 0.5) is 0 Å². The van der Waals surface area contributed by atoms with E-state index in [9.17, 15) is 0 Å². The van der Waals surface area contributed by atoms with Gasteiger partial charge in [0.15, 0.2) is 0 Å². The van der Waals surface area contributed by atoms with Gasteiger partial charge in [0.1, 0.15) is 0 Å². The molecule has 0 aliphatic heterocycles. The van der Waals surface area contributed by atoms with Crippen molar-refractivity contribution >= 4 is 65.4 Å². The van der Waals surface area contributed by atoms with Crippen molar-refractivity contribution in [2.24, 2.45) is 0 Å². The van der Waals surface area contributed by atoms with Crippen LogP contribution < -0.4 is 0 Å². The molecule has 0 saturated heterocycles. The first kappa shape index (κ1) is 54.7. The highest BCUT2D eigenvalue weighted by molar-refractivity contribution is 6.12. The smallest absolute Gasteiger partial charge is 0.235 e. The molecule has 0 N–H and O–H groups in total. The van der Waals surface area contributed by atoms with Gasteiger partial charge in [-0.2, -0.15) is 0 Å². The average molecular weight is 1190 g/mol. The summed E-state index contributed by atoms with van der Waals surface area (Å²) in [4.78, 5) is 9.91. The Hall–Kier alpha value is -12.4. The zero-order chi connectivity index (χ0) is 61.6. The van der Waals surface area contributed by atoms with Gasteiger partial charge in [0, 0.05) is 55.5 Å². The van der Waals surface area contributed by atoms with Crippen LogP contribution in [0.25, 0.3) is 161 Å². The van der Waals surface area contributed by atoms with Crippen molar-refractivity contribution in [3.8, 4) is 95.3 Å². The van der Waals surface area contributed by atoms with Crippen LogP contribution in [0.2, 0.25) is 0 Å². The molecule has 0 bridgehead atoms. The van der Waals surface area contributed by atoms with Crippen molar-refractivity contribution in [3.63, 3.8) is 0 Å². The molecule has 4 heterocycles. The van der Waals surface area contributed by atoms with Gasteiger partial charge in [-0.1, -0.05) is 267 Å². The average Bonchev–Trinajstić information content (AvgIpc) is 1.62. The van der Waals surface area contributed by atoms with Gasteiger partial charge in [0.25, 0.3) is 0 Å². The third-order valence-corrected chi connectivity index (χ3v) is 18.2. The zero-order valence-corrected chi connectivity index (χ0v) is 50.8. The Morgan fingerprint density at radius 2 is 0.527 bits per heavy atom. The number of hydrogen-bond donors (Lipinski definition) is 0. The van der Waals surface area contributed by atoms with E-state index in [1.54, 1.807) is 0 Å². The maximum atomic E-state index is 5.13. The van der Waals surface area contributed by atoms with Crippen molar-refractivity contribution in [2.45, 2.75) is 0 Å². The van der Waals surface area contributed by atoms with Gasteiger partial charge in [0.2, 0.25) is 5.95 Å². The quantitative estimate of drug-likeness (QED) is 0.137. The Morgan fingerprint density at radius 1 is 0.183 bits per heavy atom. The van der Waals surface area contributed by atoms with E-state index in [0.29, 0.717) is 5.95 Å². The van der Waals surface area contributed by atoms with E-state index in [1.807, 2.05) is 24.4 Å². The van der Waals surface area contributed by atoms with E-state index in [-0.39, 0.29) is 0 Å². The number of fused-ring (bicyclic) bond motifs is 9. The molecule has 0 saturated carbocycles. The number of rotatable bonds is 10. The molecule has 0 aliphatic carbocycles. The maximum Gasteiger partial charge on any atom is 0.235 e. The lowest BCUT2D eigenvalue weighted by Crippen LogP contribution is -2.01. The monoisotopic (exact) mass is 1190 g/mol. The van der Waals surface area contributed by atoms with Crippen molar-refractivity contribution < 1.29 is 0 Å². The molecule has 4 aromatic heterocycles. The number of aromatic nitrogens is 5. The van der Waals surface area contributed by atoms with Crippen molar-refractivity contribution in [3.05, 3.63) is 358 Å². The fourth-order valence-electron chi connectivity index (χ4n) is 13.7. The van der Waals surface area contributed by atoms with E-state index >= 15 is 0 Å². The highest BCUT2D eigenvalue weighted by Gasteiger charge is 2.19. The lowest BCUT2D eigenvalue weighted by Gasteiger charge is -2.14. The van der Waals surface area contributed by atoms with Gasteiger partial charge in [-0.15, -0.1) is 0 Å². The summed E-state index contributed by atoms with van der Waals surface area (Å²) < 4.78 is 6.99. The summed E-state index contributed by atoms with van der Waals surface area (Å²) >= 11 is 0. The predicted octanol–water partition coefficient (Wildman–Crippen LogP) is 23.1. The molecule has 14 aromatic carbocycles. The molecular weight excluding hydrogens is 1130 g/mol. The van der Waals surface area contributed by atoms with Gasteiger partial charge in [-0.25, -0.2) is 9.97 Å². The van der Waals surface area contributed by atoms with Crippen LogP contribution in [0.3, 0.4) is 0 Å². The predicted molar refractivity (Wildman–Crippen MR) is 390 cm³/mol. The lowest BCUT2D eigenvalue weighted by atomic mass is 9.98. The summed E-state index contributed by atoms with van der Waals surface area (Å²) in [7, 11) is 0. The van der Waals surface area contributed by atoms with E-state index in [0.717, 1.165) is 39.2 Å². The standard InChI is InChI=1S/C48H32N2.C40H27N3/c1-3-13-33(14-4-1)37-29-38(34-15-5-2-6-16-34)31-40(30-37)50-47-22-12-9-19-43(47)44-32-36(25-28-48(44)50)35-23-26-39(27-24-35)49-45-20-10-7-17-41(45)42-18-8-11-21-46(42)49;1-3-10-28(11-4-1)30-18-20-31(21-19-30)32-14-9-15-34(26-32)37-24-25-41-40(42-37)43-38-17-8-7-16-35(38)36-23-22-33(27-39(36)43)29-12-5-2-6-13-29/h1-32H;1-27H. The van der Waals surface area contributed by atoms with E-state index < -0.39 is 0 Å². The van der Waals surface area contributed by atoms with Crippen LogP contribution in [-0.4, -0.2) is 23.7 Å². The summed E-state index contributed by atoms with van der Waals surface area (Å²) in [5.41, 5.74) is 25.6. The SMILES string of the molecule is c1ccc(-c2cc(-c3ccccc3)cc(-n3c4ccccc4c4cc(-c5ccc(-n6c7ccccc7c7ccccc76)cc5)ccc43)c2)cc1.c1ccc(-c2ccc(-c3cccc(-c4ccnc(-n5c6ccccc6c6ccc(-c7ccccc7)cc65)n4)c3)cc2)cc1. The fraction of sp³-hybridized carbons (Fsp3) is 0. The van der Waals surface area contributed by atoms with E-state index in [4.69, 9.17) is 9.97 Å². The summed E-state index contributed by atoms with van der Waals surface area (Å²) in [5.74, 6) is 0.659. The second-order valence-electron chi connectivity index (χ2n) is 23.7. The van der Waals surface area contributed by atoms with Crippen LogP contribution in [0.15, 0.2) is 358 Å². The van der Waals surface area contributed by atoms with Crippen molar-refractivity contribution in [1.82, 2.24) is 23.7 Å². The summed E-state index contributed by atoms with van der Waals surface area (Å²) in [6.07, 6.45) is 1.86. The van der Waals surface area contributed by atoms with Gasteiger partial charge < -0.3 is 9.13 Å². The van der Waals surface area contributed by atoms with Gasteiger partial charge in [0.05, 0.1) is 38.8 Å². The van der Waals surface area contributed by atoms with Crippen LogP contribution in [0, 0.1) is 0 Å². The van der Waals surface area contributed by atoms with E-state index in [1.165, 1.54) is 116 Å². The summed E-state index contributed by atoms with van der Waals surface area (Å²) in [6, 6.07) is 126. The normalized spacial score (nSPS) is 11.4. The topological polar surface area (TPSA) is 40.6 Å². The van der Waals surface area contributed by atoms with E-state index in [2.05, 4.69) is 347 Å². The maximum absolute atomic E-state index is 5.13.